The Labute approximate surface area is 162 Å². The minimum Gasteiger partial charge on any atom is -0.359 e. The maximum absolute atomic E-state index is 4.17. The highest BCUT2D eigenvalue weighted by Crippen LogP contribution is 2.19. The molecule has 2 aromatic rings. The van der Waals surface area contributed by atoms with E-state index in [0.29, 0.717) is 5.92 Å². The Morgan fingerprint density at radius 2 is 1.42 bits per heavy atom. The summed E-state index contributed by atoms with van der Waals surface area (Å²) in [7, 11) is 0. The average molecular weight is 352 g/mol. The number of anilines is 1. The number of rotatable bonds is 6. The van der Waals surface area contributed by atoms with E-state index in [4.69, 9.17) is 0 Å². The molecule has 0 saturated heterocycles. The molecule has 0 bridgehead atoms. The van der Waals surface area contributed by atoms with Crippen molar-refractivity contribution in [3.05, 3.63) is 78.0 Å². The molecule has 26 heavy (non-hydrogen) atoms. The third-order valence-electron chi connectivity index (χ3n) is 3.66. The molecule has 0 saturated carbocycles. The number of hydrogen-bond acceptors (Lipinski definition) is 1. The van der Waals surface area contributed by atoms with Gasteiger partial charge in [-0.3, -0.25) is 0 Å². The predicted molar refractivity (Wildman–Crippen MR) is 120 cm³/mol. The van der Waals surface area contributed by atoms with Crippen LogP contribution in [0.5, 0.6) is 0 Å². The van der Waals surface area contributed by atoms with E-state index >= 15 is 0 Å². The van der Waals surface area contributed by atoms with Crippen LogP contribution in [0.1, 0.15) is 52.2 Å². The van der Waals surface area contributed by atoms with Crippen LogP contribution in [0, 0.1) is 25.7 Å². The fourth-order valence-electron chi connectivity index (χ4n) is 2.15. The van der Waals surface area contributed by atoms with Crippen LogP contribution in [-0.2, 0) is 6.42 Å². The Kier molecular flexibility index (Phi) is 17.2. The monoisotopic (exact) mass is 351 g/mol. The molecule has 1 unspecified atom stereocenters. The average Bonchev–Trinajstić information content (AvgIpc) is 2.73. The number of benzene rings is 2. The van der Waals surface area contributed by atoms with Crippen LogP contribution in [-0.4, -0.2) is 0 Å². The number of terminal acetylenes is 1. The number of aryl methyl sites for hydroxylation is 2. The maximum atomic E-state index is 4.17. The Morgan fingerprint density at radius 1 is 0.923 bits per heavy atom. The van der Waals surface area contributed by atoms with Gasteiger partial charge in [-0.2, -0.15) is 0 Å². The van der Waals surface area contributed by atoms with Crippen molar-refractivity contribution in [2.75, 3.05) is 5.32 Å². The molecule has 0 aliphatic rings. The predicted octanol–water partition coefficient (Wildman–Crippen LogP) is 7.49. The van der Waals surface area contributed by atoms with Crippen molar-refractivity contribution in [3.8, 4) is 12.8 Å². The van der Waals surface area contributed by atoms with Gasteiger partial charge in [0.2, 0.25) is 0 Å². The minimum absolute atomic E-state index is 0.455. The summed E-state index contributed by atoms with van der Waals surface area (Å²) < 4.78 is 0. The van der Waals surface area contributed by atoms with Gasteiger partial charge < -0.3 is 5.32 Å². The van der Waals surface area contributed by atoms with Crippen molar-refractivity contribution in [2.24, 2.45) is 5.92 Å². The van der Waals surface area contributed by atoms with E-state index < -0.39 is 0 Å². The zero-order valence-corrected chi connectivity index (χ0v) is 17.5. The van der Waals surface area contributed by atoms with Crippen molar-refractivity contribution < 1.29 is 0 Å². The lowest BCUT2D eigenvalue weighted by molar-refractivity contribution is 0.618. The minimum atomic E-state index is 0.455. The van der Waals surface area contributed by atoms with Gasteiger partial charge >= 0.3 is 0 Å². The molecule has 0 fully saturated rings. The summed E-state index contributed by atoms with van der Waals surface area (Å²) in [6, 6.07) is 19.1. The zero-order chi connectivity index (χ0) is 20.4. The van der Waals surface area contributed by atoms with Crippen molar-refractivity contribution >= 4 is 5.69 Å². The van der Waals surface area contributed by atoms with Gasteiger partial charge in [-0.25, -0.2) is 0 Å². The molecular weight excluding hydrogens is 314 g/mol. The first-order valence-corrected chi connectivity index (χ1v) is 9.55. The van der Waals surface area contributed by atoms with Crippen LogP contribution in [0.25, 0.3) is 0 Å². The molecule has 0 radical (unpaired) electrons. The molecule has 0 aromatic heterocycles. The van der Waals surface area contributed by atoms with Gasteiger partial charge in [-0.1, -0.05) is 89.2 Å². The fourth-order valence-corrected chi connectivity index (χ4v) is 2.15. The summed E-state index contributed by atoms with van der Waals surface area (Å²) in [5.74, 6) is 0.455. The van der Waals surface area contributed by atoms with E-state index in [1.165, 1.54) is 11.1 Å². The zero-order valence-electron chi connectivity index (χ0n) is 17.5. The van der Waals surface area contributed by atoms with Crippen LogP contribution >= 0.6 is 0 Å². The van der Waals surface area contributed by atoms with Gasteiger partial charge in [-0.05, 0) is 43.4 Å². The van der Waals surface area contributed by atoms with Gasteiger partial charge in [0, 0.05) is 11.4 Å². The first-order chi connectivity index (χ1) is 12.6. The van der Waals surface area contributed by atoms with E-state index in [1.807, 2.05) is 27.7 Å². The Balaban J connectivity index is 0. The Hall–Kier alpha value is -2.46. The number of hydrogen-bond donors (Lipinski definition) is 1. The molecule has 0 amide bonds. The largest absolute Gasteiger partial charge is 0.359 e. The van der Waals surface area contributed by atoms with Crippen molar-refractivity contribution in [1.29, 1.82) is 0 Å². The summed E-state index contributed by atoms with van der Waals surface area (Å²) in [5.41, 5.74) is 4.87. The second-order valence-corrected chi connectivity index (χ2v) is 5.44. The van der Waals surface area contributed by atoms with Gasteiger partial charge in [0.25, 0.3) is 0 Å². The quantitative estimate of drug-likeness (QED) is 0.531. The van der Waals surface area contributed by atoms with E-state index in [0.717, 1.165) is 24.2 Å². The third kappa shape index (κ3) is 11.2. The molecule has 0 aliphatic carbocycles. The summed E-state index contributed by atoms with van der Waals surface area (Å²) in [6.45, 7) is 16.5. The molecule has 0 spiro atoms. The first-order valence-electron chi connectivity index (χ1n) is 9.55. The smallest absolute Gasteiger partial charge is 0.0381 e. The SMILES string of the molecule is C#C.C=C(Nc1ccc(C)cc1)C(C)CCc1ccccc1.CC.CC. The molecule has 1 heteroatoms. The molecule has 0 heterocycles. The van der Waals surface area contributed by atoms with Gasteiger partial charge in [-0.15, -0.1) is 12.8 Å². The third-order valence-corrected chi connectivity index (χ3v) is 3.66. The standard InChI is InChI=1S/C19H23N.2C2H6.C2H2/c1-15-9-13-19(14-10-15)20-17(3)16(2)11-12-18-7-5-4-6-8-18;3*1-2/h4-10,13-14,16,20H,3,11-12H2,1-2H3;2*1-2H3;1-2H. The van der Waals surface area contributed by atoms with E-state index in [9.17, 15) is 0 Å². The van der Waals surface area contributed by atoms with Crippen LogP contribution < -0.4 is 5.32 Å². The molecule has 2 rings (SSSR count). The van der Waals surface area contributed by atoms with E-state index in [1.54, 1.807) is 0 Å². The second-order valence-electron chi connectivity index (χ2n) is 5.44. The lowest BCUT2D eigenvalue weighted by Gasteiger charge is -2.17. The lowest BCUT2D eigenvalue weighted by Crippen LogP contribution is -2.08. The second kappa shape index (κ2) is 17.4. The highest BCUT2D eigenvalue weighted by atomic mass is 14.9. The molecule has 2 aromatic carbocycles. The fraction of sp³-hybridized carbons (Fsp3) is 0.360. The highest BCUT2D eigenvalue weighted by Gasteiger charge is 2.07. The normalized spacial score (nSPS) is 9.69. The summed E-state index contributed by atoms with van der Waals surface area (Å²) in [5, 5.41) is 3.41. The summed E-state index contributed by atoms with van der Waals surface area (Å²) in [4.78, 5) is 0. The van der Waals surface area contributed by atoms with Crippen LogP contribution in [0.2, 0.25) is 0 Å². The van der Waals surface area contributed by atoms with Crippen LogP contribution in [0.15, 0.2) is 66.9 Å². The number of allylic oxidation sites excluding steroid dienone is 1. The van der Waals surface area contributed by atoms with Gasteiger partial charge in [0.1, 0.15) is 0 Å². The number of nitrogens with one attached hydrogen (secondary N) is 1. The van der Waals surface area contributed by atoms with Crippen molar-refractivity contribution in [2.45, 2.75) is 54.4 Å². The maximum Gasteiger partial charge on any atom is 0.0381 e. The van der Waals surface area contributed by atoms with Crippen LogP contribution in [0.3, 0.4) is 0 Å². The van der Waals surface area contributed by atoms with Gasteiger partial charge in [0.05, 0.1) is 0 Å². The lowest BCUT2D eigenvalue weighted by atomic mass is 9.98. The van der Waals surface area contributed by atoms with Crippen molar-refractivity contribution in [1.82, 2.24) is 0 Å². The molecule has 142 valence electrons. The highest BCUT2D eigenvalue weighted by molar-refractivity contribution is 5.48. The van der Waals surface area contributed by atoms with E-state index in [-0.39, 0.29) is 0 Å². The molecule has 1 N–H and O–H groups in total. The first kappa shape index (κ1) is 25.8. The van der Waals surface area contributed by atoms with Crippen LogP contribution in [0.4, 0.5) is 5.69 Å². The Morgan fingerprint density at radius 3 is 1.92 bits per heavy atom. The summed E-state index contributed by atoms with van der Waals surface area (Å²) >= 11 is 0. The molecule has 1 nitrogen and oxygen atoms in total. The van der Waals surface area contributed by atoms with Crippen molar-refractivity contribution in [3.63, 3.8) is 0 Å². The Bertz CT molecular complexity index is 579. The van der Waals surface area contributed by atoms with E-state index in [2.05, 4.69) is 93.2 Å². The summed E-state index contributed by atoms with van der Waals surface area (Å²) in [6.07, 6.45) is 10.2. The van der Waals surface area contributed by atoms with Gasteiger partial charge in [0.15, 0.2) is 0 Å². The molecule has 1 atom stereocenters. The topological polar surface area (TPSA) is 12.0 Å². The molecule has 0 aliphatic heterocycles. The molecular formula is C25H37N.